The Labute approximate surface area is 297 Å². The molecule has 3 nitrogen and oxygen atoms in total. The molecule has 0 heterocycles. The van der Waals surface area contributed by atoms with Gasteiger partial charge in [0.15, 0.2) is 5.60 Å². The lowest BCUT2D eigenvalue weighted by atomic mass is 9.49. The molecule has 0 spiro atoms. The summed E-state index contributed by atoms with van der Waals surface area (Å²) < 4.78 is 148. The molecule has 50 heavy (non-hydrogen) atoms. The maximum absolute atomic E-state index is 15.4. The van der Waals surface area contributed by atoms with Crippen LogP contribution in [-0.2, 0) is 14.3 Å². The zero-order valence-corrected chi connectivity index (χ0v) is 31.0. The highest BCUT2D eigenvalue weighted by molar-refractivity contribution is 9.10. The van der Waals surface area contributed by atoms with Crippen LogP contribution in [0.15, 0.2) is 52.5 Å². The number of aryl methyl sites for hydroxylation is 1. The van der Waals surface area contributed by atoms with Crippen molar-refractivity contribution in [3.63, 3.8) is 0 Å². The molecule has 0 saturated heterocycles. The van der Waals surface area contributed by atoms with Gasteiger partial charge in [-0.3, -0.25) is 4.18 Å². The van der Waals surface area contributed by atoms with E-state index in [0.717, 1.165) is 17.6 Å². The number of hydrogen-bond donors (Lipinski definition) is 0. The molecule has 4 bridgehead atoms. The minimum Gasteiger partial charge on any atom is -0.253 e. The Kier molecular flexibility index (Phi) is 9.40. The molecule has 2 unspecified atom stereocenters. The van der Waals surface area contributed by atoms with Crippen LogP contribution in [0.25, 0.3) is 0 Å². The summed E-state index contributed by atoms with van der Waals surface area (Å²) in [4.78, 5) is -0.308. The fourth-order valence-electron chi connectivity index (χ4n) is 10.0. The molecule has 9 rings (SSSR count). The quantitative estimate of drug-likeness (QED) is 0.129. The van der Waals surface area contributed by atoms with E-state index in [1.165, 1.54) is 29.8 Å². The van der Waals surface area contributed by atoms with Gasteiger partial charge in [-0.1, -0.05) is 56.9 Å². The van der Waals surface area contributed by atoms with E-state index < -0.39 is 73.3 Å². The van der Waals surface area contributed by atoms with Gasteiger partial charge in [0.1, 0.15) is 0 Å². The van der Waals surface area contributed by atoms with E-state index in [9.17, 15) is 26.0 Å². The monoisotopic (exact) mass is 800 g/mol. The molecule has 1 aromatic carbocycles. The molecule has 0 aromatic heterocycles. The van der Waals surface area contributed by atoms with Crippen molar-refractivity contribution in [3.05, 3.63) is 53.1 Å². The van der Waals surface area contributed by atoms with Gasteiger partial charge in [0.05, 0.1) is 9.22 Å². The van der Waals surface area contributed by atoms with Crippen molar-refractivity contribution in [1.82, 2.24) is 0 Å². The van der Waals surface area contributed by atoms with E-state index in [4.69, 9.17) is 4.18 Å². The van der Waals surface area contributed by atoms with Gasteiger partial charge in [-0.2, -0.15) is 43.5 Å². The van der Waals surface area contributed by atoms with Crippen molar-refractivity contribution in [2.45, 2.75) is 149 Å². The lowest BCUT2D eigenvalue weighted by Crippen LogP contribution is -2.75. The molecule has 280 valence electrons. The number of halogens is 9. The third kappa shape index (κ3) is 5.33. The Bertz CT molecular complexity index is 1640. The Balaban J connectivity index is 0.000000187. The summed E-state index contributed by atoms with van der Waals surface area (Å²) in [5.41, 5.74) is -3.00. The first-order chi connectivity index (χ1) is 23.0. The first kappa shape index (κ1) is 38.3. The summed E-state index contributed by atoms with van der Waals surface area (Å²) in [6.07, 6.45) is 6.71. The molecule has 0 radical (unpaired) electrons. The van der Waals surface area contributed by atoms with Crippen LogP contribution < -0.4 is 0 Å². The predicted molar refractivity (Wildman–Crippen MR) is 178 cm³/mol. The van der Waals surface area contributed by atoms with Gasteiger partial charge in [-0.25, -0.2) is 0 Å². The van der Waals surface area contributed by atoms with Crippen molar-refractivity contribution in [1.29, 1.82) is 0 Å². The second-order valence-electron chi connectivity index (χ2n) is 16.0. The highest BCUT2D eigenvalue weighted by atomic mass is 79.9. The number of alkyl halides is 9. The van der Waals surface area contributed by atoms with E-state index in [1.807, 2.05) is 26.0 Å². The molecule has 0 N–H and O–H groups in total. The lowest BCUT2D eigenvalue weighted by Gasteiger charge is -2.62. The molecule has 6 saturated carbocycles. The van der Waals surface area contributed by atoms with E-state index in [-0.39, 0.29) is 49.3 Å². The van der Waals surface area contributed by atoms with Crippen molar-refractivity contribution in [2.24, 2.45) is 22.7 Å². The number of benzene rings is 1. The maximum Gasteiger partial charge on any atom is 0.340 e. The van der Waals surface area contributed by atoms with Gasteiger partial charge in [0, 0.05) is 10.8 Å². The minimum absolute atomic E-state index is 0.148. The van der Waals surface area contributed by atoms with Gasteiger partial charge in [0.25, 0.3) is 10.1 Å². The van der Waals surface area contributed by atoms with Crippen molar-refractivity contribution >= 4 is 26.0 Å². The van der Waals surface area contributed by atoms with Crippen LogP contribution in [0.5, 0.6) is 0 Å². The number of rotatable bonds is 5. The fraction of sp³-hybridized carbons (Fsp3) is 0.730. The van der Waals surface area contributed by atoms with E-state index in [0.29, 0.717) is 32.1 Å². The zero-order chi connectivity index (χ0) is 36.8. The molecular weight excluding hydrogens is 756 g/mol. The van der Waals surface area contributed by atoms with Gasteiger partial charge in [-0.15, -0.1) is 0 Å². The second-order valence-corrected chi connectivity index (χ2v) is 19.0. The number of hydrogen-bond acceptors (Lipinski definition) is 3. The summed E-state index contributed by atoms with van der Waals surface area (Å²) in [6.45, 7) is 5.64. The summed E-state index contributed by atoms with van der Waals surface area (Å²) in [5, 5.41) is 0. The molecular formula is C37H45BrF8O3S. The van der Waals surface area contributed by atoms with Gasteiger partial charge in [-0.05, 0) is 135 Å². The predicted octanol–water partition coefficient (Wildman–Crippen LogP) is 11.7. The van der Waals surface area contributed by atoms with Crippen LogP contribution in [0, 0.1) is 29.6 Å². The zero-order valence-electron chi connectivity index (χ0n) is 28.6. The Morgan fingerprint density at radius 3 is 1.46 bits per heavy atom. The molecule has 8 aliphatic rings. The van der Waals surface area contributed by atoms with E-state index in [1.54, 1.807) is 6.92 Å². The fourth-order valence-corrected chi connectivity index (χ4v) is 11.9. The minimum atomic E-state index is -4.62. The Morgan fingerprint density at radius 1 is 0.620 bits per heavy atom. The molecule has 0 aliphatic heterocycles. The third-order valence-corrected chi connectivity index (χ3v) is 16.2. The highest BCUT2D eigenvalue weighted by Gasteiger charge is 2.84. The molecule has 6 fully saturated rings. The van der Waals surface area contributed by atoms with Crippen LogP contribution in [0.3, 0.4) is 0 Å². The average Bonchev–Trinajstić information content (AvgIpc) is 3.05. The third-order valence-electron chi connectivity index (χ3n) is 13.5. The van der Waals surface area contributed by atoms with Crippen LogP contribution in [0.4, 0.5) is 35.1 Å². The van der Waals surface area contributed by atoms with Crippen molar-refractivity contribution in [2.75, 3.05) is 0 Å². The summed E-state index contributed by atoms with van der Waals surface area (Å²) >= 11 is 2.95. The molecule has 13 heteroatoms. The Morgan fingerprint density at radius 2 is 1.04 bits per heavy atom. The van der Waals surface area contributed by atoms with Gasteiger partial charge >= 0.3 is 23.7 Å². The van der Waals surface area contributed by atoms with Crippen LogP contribution in [0.2, 0.25) is 0 Å². The lowest BCUT2D eigenvalue weighted by molar-refractivity contribution is -0.385. The molecule has 2 atom stereocenters. The van der Waals surface area contributed by atoms with Gasteiger partial charge < -0.3 is 0 Å². The van der Waals surface area contributed by atoms with Crippen LogP contribution in [0.1, 0.15) is 109 Å². The standard InChI is InChI=1S/C22H26F4O3S.C15H19BrF4/c1-15-3-7-17(8-4-15)19-11-13-20(14-12-19,22(25,26)21(19,23)24)29-30(27,28)18-9-5-16(2)6-10-18;1-10-2-4-11(5-3-10)12-6-8-13(16,9-7-12)15(19,20)14(12,17)18/h3,5-6,9-10,17H,4,7-8,11-14H2,1-2H3;2,11H,3-9H2,1H3. The normalized spacial score (nSPS) is 39.5. The smallest absolute Gasteiger partial charge is 0.253 e. The second kappa shape index (κ2) is 12.3. The molecule has 1 aromatic rings. The topological polar surface area (TPSA) is 43.4 Å². The van der Waals surface area contributed by atoms with Crippen molar-refractivity contribution < 1.29 is 47.7 Å². The first-order valence-electron chi connectivity index (χ1n) is 17.6. The van der Waals surface area contributed by atoms with Crippen LogP contribution in [-0.4, -0.2) is 42.0 Å². The van der Waals surface area contributed by atoms with E-state index >= 15 is 17.6 Å². The van der Waals surface area contributed by atoms with Crippen molar-refractivity contribution in [3.8, 4) is 0 Å². The SMILES string of the molecule is CC1=CCC(C23CCC(Br)(CC2)C(F)(F)C3(F)F)CC1.CC1=CCC(C23CCC(OS(=O)(=O)c4ccc(C)cc4)(CC2)C(F)(F)C3(F)F)CC1. The average molecular weight is 802 g/mol. The number of allylic oxidation sites excluding steroid dienone is 4. The largest absolute Gasteiger partial charge is 0.340 e. The first-order valence-corrected chi connectivity index (χ1v) is 19.8. The highest BCUT2D eigenvalue weighted by Crippen LogP contribution is 2.73. The molecule has 8 aliphatic carbocycles. The van der Waals surface area contributed by atoms with E-state index in [2.05, 4.69) is 15.9 Å². The summed E-state index contributed by atoms with van der Waals surface area (Å²) in [6, 6.07) is 5.49. The van der Waals surface area contributed by atoms with Gasteiger partial charge in [0.2, 0.25) is 0 Å². The van der Waals surface area contributed by atoms with Crippen LogP contribution >= 0.6 is 15.9 Å². The maximum atomic E-state index is 15.4. The number of fused-ring (bicyclic) bond motifs is 6. The Hall–Kier alpha value is -1.47. The summed E-state index contributed by atoms with van der Waals surface area (Å²) in [5.74, 6) is -17.7. The molecule has 0 amide bonds. The summed E-state index contributed by atoms with van der Waals surface area (Å²) in [7, 11) is -4.62.